The summed E-state index contributed by atoms with van der Waals surface area (Å²) in [5.41, 5.74) is 5.52. The molecule has 3 heterocycles. The number of hydrogen-bond acceptors (Lipinski definition) is 4. The normalized spacial score (nSPS) is 14.7. The molecule has 0 spiro atoms. The third-order valence-electron chi connectivity index (χ3n) is 6.07. The van der Waals surface area contributed by atoms with Gasteiger partial charge in [0.15, 0.2) is 0 Å². The number of morpholine rings is 1. The molecule has 1 saturated heterocycles. The molecule has 0 aliphatic carbocycles. The number of pyridine rings is 1. The Balaban J connectivity index is 1.54. The van der Waals surface area contributed by atoms with Gasteiger partial charge in [0.2, 0.25) is 0 Å². The minimum Gasteiger partial charge on any atom is -0.495 e. The van der Waals surface area contributed by atoms with E-state index < -0.39 is 0 Å². The number of rotatable bonds is 6. The molecule has 32 heavy (non-hydrogen) atoms. The number of halogens is 1. The second-order valence-electron chi connectivity index (χ2n) is 8.02. The molecule has 0 unspecified atom stereocenters. The monoisotopic (exact) mass is 447 g/mol. The minimum atomic E-state index is 0.730. The molecule has 5 rings (SSSR count). The highest BCUT2D eigenvalue weighted by Crippen LogP contribution is 2.36. The zero-order chi connectivity index (χ0) is 21.9. The molecule has 5 nitrogen and oxygen atoms in total. The van der Waals surface area contributed by atoms with Crippen LogP contribution in [-0.4, -0.2) is 54.4 Å². The highest BCUT2D eigenvalue weighted by molar-refractivity contribution is 6.30. The number of benzene rings is 2. The molecule has 6 heteroatoms. The van der Waals surface area contributed by atoms with Gasteiger partial charge in [0.05, 0.1) is 25.8 Å². The lowest BCUT2D eigenvalue weighted by Gasteiger charge is -2.26. The Hall–Kier alpha value is -2.86. The lowest BCUT2D eigenvalue weighted by molar-refractivity contribution is 0.0365. The summed E-state index contributed by atoms with van der Waals surface area (Å²) in [7, 11) is 1.73. The van der Waals surface area contributed by atoms with Crippen molar-refractivity contribution in [1.82, 2.24) is 14.5 Å². The molecule has 164 valence electrons. The summed E-state index contributed by atoms with van der Waals surface area (Å²) in [6.45, 7) is 5.45. The summed E-state index contributed by atoms with van der Waals surface area (Å²) in [5.74, 6) is 0.887. The predicted octanol–water partition coefficient (Wildman–Crippen LogP) is 5.36. The van der Waals surface area contributed by atoms with Crippen molar-refractivity contribution in [1.29, 1.82) is 0 Å². The van der Waals surface area contributed by atoms with Gasteiger partial charge in [0.25, 0.3) is 0 Å². The first kappa shape index (κ1) is 21.0. The Morgan fingerprint density at radius 1 is 0.969 bits per heavy atom. The van der Waals surface area contributed by atoms with Crippen LogP contribution < -0.4 is 4.74 Å². The molecule has 4 aromatic rings. The molecule has 1 aliphatic rings. The van der Waals surface area contributed by atoms with Crippen LogP contribution in [0.4, 0.5) is 0 Å². The maximum absolute atomic E-state index is 6.07. The van der Waals surface area contributed by atoms with Gasteiger partial charge in [0, 0.05) is 71.9 Å². The number of ether oxygens (including phenoxy) is 2. The molecule has 1 aliphatic heterocycles. The fourth-order valence-corrected chi connectivity index (χ4v) is 4.48. The summed E-state index contributed by atoms with van der Waals surface area (Å²) in [4.78, 5) is 6.99. The van der Waals surface area contributed by atoms with Gasteiger partial charge in [-0.05, 0) is 29.8 Å². The smallest absolute Gasteiger partial charge is 0.143 e. The van der Waals surface area contributed by atoms with E-state index in [1.807, 2.05) is 48.8 Å². The number of para-hydroxylation sites is 1. The van der Waals surface area contributed by atoms with Crippen molar-refractivity contribution in [2.45, 2.75) is 6.54 Å². The zero-order valence-electron chi connectivity index (χ0n) is 18.1. The van der Waals surface area contributed by atoms with E-state index in [1.165, 1.54) is 5.39 Å². The van der Waals surface area contributed by atoms with Crippen molar-refractivity contribution in [3.63, 3.8) is 0 Å². The van der Waals surface area contributed by atoms with E-state index in [2.05, 4.69) is 32.8 Å². The Labute approximate surface area is 193 Å². The van der Waals surface area contributed by atoms with E-state index in [4.69, 9.17) is 21.1 Å². The second-order valence-corrected chi connectivity index (χ2v) is 8.45. The fraction of sp³-hybridized carbons (Fsp3) is 0.269. The van der Waals surface area contributed by atoms with Gasteiger partial charge in [-0.2, -0.15) is 0 Å². The summed E-state index contributed by atoms with van der Waals surface area (Å²) in [6, 6.07) is 16.3. The van der Waals surface area contributed by atoms with Gasteiger partial charge in [-0.15, -0.1) is 0 Å². The van der Waals surface area contributed by atoms with E-state index >= 15 is 0 Å². The molecule has 0 N–H and O–H groups in total. The van der Waals surface area contributed by atoms with Gasteiger partial charge >= 0.3 is 0 Å². The van der Waals surface area contributed by atoms with Crippen LogP contribution in [0.1, 0.15) is 0 Å². The van der Waals surface area contributed by atoms with Gasteiger partial charge < -0.3 is 14.0 Å². The average Bonchev–Trinajstić information content (AvgIpc) is 3.23. The first-order chi connectivity index (χ1) is 15.7. The van der Waals surface area contributed by atoms with Crippen LogP contribution in [0.25, 0.3) is 33.2 Å². The Bertz CT molecular complexity index is 1210. The molecular weight excluding hydrogens is 422 g/mol. The SMILES string of the molecule is COc1cccc2c(-c3cncc(-c4ccc(Cl)cc4)c3)cn(CCN3CCOCC3)c12. The van der Waals surface area contributed by atoms with E-state index in [0.717, 1.165) is 77.9 Å². The molecule has 1 fully saturated rings. The number of methoxy groups -OCH3 is 1. The minimum absolute atomic E-state index is 0.730. The van der Waals surface area contributed by atoms with Crippen molar-refractivity contribution in [3.05, 3.63) is 72.1 Å². The van der Waals surface area contributed by atoms with E-state index in [1.54, 1.807) is 7.11 Å². The third-order valence-corrected chi connectivity index (χ3v) is 6.32. The molecule has 0 radical (unpaired) electrons. The van der Waals surface area contributed by atoms with E-state index in [9.17, 15) is 0 Å². The predicted molar refractivity (Wildman–Crippen MR) is 129 cm³/mol. The first-order valence-corrected chi connectivity index (χ1v) is 11.3. The standard InChI is InChI=1S/C26H26ClN3O2/c1-31-25-4-2-3-23-24(18-30(26(23)25)10-9-29-11-13-32-14-12-29)21-15-20(16-28-17-21)19-5-7-22(27)8-6-19/h2-8,15-18H,9-14H2,1H3. The van der Waals surface area contributed by atoms with Gasteiger partial charge in [-0.3, -0.25) is 9.88 Å². The Morgan fingerprint density at radius 3 is 2.53 bits per heavy atom. The quantitative estimate of drug-likeness (QED) is 0.398. The largest absolute Gasteiger partial charge is 0.495 e. The van der Waals surface area contributed by atoms with Crippen molar-refractivity contribution in [2.24, 2.45) is 0 Å². The summed E-state index contributed by atoms with van der Waals surface area (Å²) in [5, 5.41) is 1.90. The molecular formula is C26H26ClN3O2. The van der Waals surface area contributed by atoms with Crippen LogP contribution in [0.3, 0.4) is 0 Å². The number of hydrogen-bond donors (Lipinski definition) is 0. The maximum Gasteiger partial charge on any atom is 0.143 e. The van der Waals surface area contributed by atoms with Gasteiger partial charge in [-0.25, -0.2) is 0 Å². The number of fused-ring (bicyclic) bond motifs is 1. The highest BCUT2D eigenvalue weighted by atomic mass is 35.5. The van der Waals surface area contributed by atoms with Crippen molar-refractivity contribution in [2.75, 3.05) is 40.0 Å². The van der Waals surface area contributed by atoms with Crippen LogP contribution in [-0.2, 0) is 11.3 Å². The lowest BCUT2D eigenvalue weighted by atomic mass is 10.0. The molecule has 0 saturated carbocycles. The zero-order valence-corrected chi connectivity index (χ0v) is 18.9. The van der Waals surface area contributed by atoms with Crippen molar-refractivity contribution in [3.8, 4) is 28.0 Å². The van der Waals surface area contributed by atoms with Gasteiger partial charge in [0.1, 0.15) is 5.75 Å². The Morgan fingerprint density at radius 2 is 1.75 bits per heavy atom. The Kier molecular flexibility index (Phi) is 6.12. The summed E-state index contributed by atoms with van der Waals surface area (Å²) < 4.78 is 13.5. The number of aromatic nitrogens is 2. The average molecular weight is 448 g/mol. The summed E-state index contributed by atoms with van der Waals surface area (Å²) in [6.07, 6.45) is 6.06. The van der Waals surface area contributed by atoms with E-state index in [-0.39, 0.29) is 0 Å². The molecule has 2 aromatic carbocycles. The van der Waals surface area contributed by atoms with Crippen LogP contribution in [0.2, 0.25) is 5.02 Å². The van der Waals surface area contributed by atoms with Crippen LogP contribution in [0.15, 0.2) is 67.1 Å². The van der Waals surface area contributed by atoms with Crippen LogP contribution >= 0.6 is 11.6 Å². The van der Waals surface area contributed by atoms with E-state index in [0.29, 0.717) is 0 Å². The fourth-order valence-electron chi connectivity index (χ4n) is 4.36. The van der Waals surface area contributed by atoms with Gasteiger partial charge in [-0.1, -0.05) is 35.9 Å². The molecule has 0 bridgehead atoms. The molecule has 2 aromatic heterocycles. The molecule has 0 amide bonds. The van der Waals surface area contributed by atoms with Crippen molar-refractivity contribution >= 4 is 22.5 Å². The number of nitrogens with zero attached hydrogens (tertiary/aromatic N) is 3. The van der Waals surface area contributed by atoms with Crippen LogP contribution in [0, 0.1) is 0 Å². The third kappa shape index (κ3) is 4.24. The van der Waals surface area contributed by atoms with Crippen molar-refractivity contribution < 1.29 is 9.47 Å². The highest BCUT2D eigenvalue weighted by Gasteiger charge is 2.17. The summed E-state index contributed by atoms with van der Waals surface area (Å²) >= 11 is 6.07. The topological polar surface area (TPSA) is 39.5 Å². The second kappa shape index (κ2) is 9.33. The first-order valence-electron chi connectivity index (χ1n) is 10.9. The van der Waals surface area contributed by atoms with Crippen LogP contribution in [0.5, 0.6) is 5.75 Å². The molecule has 0 atom stereocenters. The lowest BCUT2D eigenvalue weighted by Crippen LogP contribution is -2.38. The maximum atomic E-state index is 6.07.